The normalized spacial score (nSPS) is 12.4. The highest BCUT2D eigenvalue weighted by molar-refractivity contribution is 5.33. The Balaban J connectivity index is 2.50. The lowest BCUT2D eigenvalue weighted by molar-refractivity contribution is 0.160. The lowest BCUT2D eigenvalue weighted by atomic mass is 10.2. The van der Waals surface area contributed by atoms with Crippen molar-refractivity contribution in [3.05, 3.63) is 23.0 Å². The molecule has 0 radical (unpaired) electrons. The van der Waals surface area contributed by atoms with Crippen LogP contribution in [0.15, 0.2) is 6.07 Å². The second-order valence-electron chi connectivity index (χ2n) is 4.38. The summed E-state index contributed by atoms with van der Waals surface area (Å²) in [6.45, 7) is 5.36. The van der Waals surface area contributed by atoms with E-state index >= 15 is 0 Å². The number of nitriles is 1. The largest absolute Gasteiger partial charge is 0.392 e. The Hall–Kier alpha value is -1.31. The van der Waals surface area contributed by atoms with Crippen LogP contribution in [0.3, 0.4) is 0 Å². The molecule has 1 rings (SSSR count). The van der Waals surface area contributed by atoms with E-state index in [4.69, 9.17) is 5.26 Å². The minimum Gasteiger partial charge on any atom is -0.392 e. The van der Waals surface area contributed by atoms with Crippen LogP contribution in [0.1, 0.15) is 36.7 Å². The number of aliphatic hydroxyl groups excluding tert-OH is 1. The maximum absolute atomic E-state index is 9.58. The Morgan fingerprint density at radius 2 is 2.29 bits per heavy atom. The molecule has 1 heterocycles. The molecule has 2 N–H and O–H groups in total. The third-order valence-corrected chi connectivity index (χ3v) is 3.07. The maximum atomic E-state index is 9.58. The second-order valence-corrected chi connectivity index (χ2v) is 4.38. The molecule has 4 nitrogen and oxygen atoms in total. The monoisotopic (exact) mass is 235 g/mol. The van der Waals surface area contributed by atoms with Gasteiger partial charge in [0.05, 0.1) is 6.10 Å². The Labute approximate surface area is 103 Å². The van der Waals surface area contributed by atoms with Crippen molar-refractivity contribution in [3.8, 4) is 6.07 Å². The highest BCUT2D eigenvalue weighted by Crippen LogP contribution is 2.12. The Morgan fingerprint density at radius 1 is 1.59 bits per heavy atom. The summed E-state index contributed by atoms with van der Waals surface area (Å²) in [7, 11) is 1.89. The molecule has 0 bridgehead atoms. The summed E-state index contributed by atoms with van der Waals surface area (Å²) in [6.07, 6.45) is 1.54. The quantitative estimate of drug-likeness (QED) is 0.784. The number of hydrogen-bond acceptors (Lipinski definition) is 3. The molecular formula is C13H21N3O. The molecule has 4 heteroatoms. The van der Waals surface area contributed by atoms with Gasteiger partial charge in [-0.25, -0.2) is 0 Å². The molecule has 1 aromatic rings. The molecule has 0 amide bonds. The average Bonchev–Trinajstić information content (AvgIpc) is 2.57. The fourth-order valence-corrected chi connectivity index (χ4v) is 1.86. The van der Waals surface area contributed by atoms with E-state index in [1.54, 1.807) is 0 Å². The molecule has 1 aromatic heterocycles. The van der Waals surface area contributed by atoms with Crippen molar-refractivity contribution in [2.24, 2.45) is 7.05 Å². The SMILES string of the molecule is CCCC(O)CNCc1cc(C#N)n(C)c1C. The summed E-state index contributed by atoms with van der Waals surface area (Å²) < 4.78 is 1.89. The van der Waals surface area contributed by atoms with E-state index in [2.05, 4.69) is 18.3 Å². The molecule has 1 unspecified atom stereocenters. The molecule has 0 aromatic carbocycles. The van der Waals surface area contributed by atoms with Crippen LogP contribution in [0.5, 0.6) is 0 Å². The van der Waals surface area contributed by atoms with Gasteiger partial charge in [0.15, 0.2) is 0 Å². The van der Waals surface area contributed by atoms with Gasteiger partial charge in [0, 0.05) is 25.8 Å². The first-order valence-corrected chi connectivity index (χ1v) is 6.04. The number of aromatic nitrogens is 1. The average molecular weight is 235 g/mol. The molecule has 0 fully saturated rings. The van der Waals surface area contributed by atoms with Gasteiger partial charge in [-0.3, -0.25) is 0 Å². The fraction of sp³-hybridized carbons (Fsp3) is 0.615. The van der Waals surface area contributed by atoms with E-state index in [-0.39, 0.29) is 6.10 Å². The van der Waals surface area contributed by atoms with Gasteiger partial charge in [-0.1, -0.05) is 13.3 Å². The van der Waals surface area contributed by atoms with Gasteiger partial charge in [0.2, 0.25) is 0 Å². The second kappa shape index (κ2) is 6.43. The number of aliphatic hydroxyl groups is 1. The van der Waals surface area contributed by atoms with Crippen LogP contribution in [-0.2, 0) is 13.6 Å². The Bertz CT molecular complexity index is 404. The van der Waals surface area contributed by atoms with Crippen LogP contribution >= 0.6 is 0 Å². The van der Waals surface area contributed by atoms with Crippen LogP contribution in [-0.4, -0.2) is 22.3 Å². The van der Waals surface area contributed by atoms with Crippen LogP contribution in [0, 0.1) is 18.3 Å². The molecular weight excluding hydrogens is 214 g/mol. The first-order valence-electron chi connectivity index (χ1n) is 6.04. The lowest BCUT2D eigenvalue weighted by Crippen LogP contribution is -2.26. The van der Waals surface area contributed by atoms with Crippen molar-refractivity contribution in [1.82, 2.24) is 9.88 Å². The molecule has 0 spiro atoms. The fourth-order valence-electron chi connectivity index (χ4n) is 1.86. The van der Waals surface area contributed by atoms with Crippen molar-refractivity contribution in [1.29, 1.82) is 5.26 Å². The van der Waals surface area contributed by atoms with Gasteiger partial charge in [-0.15, -0.1) is 0 Å². The summed E-state index contributed by atoms with van der Waals surface area (Å²) >= 11 is 0. The van der Waals surface area contributed by atoms with Gasteiger partial charge in [-0.2, -0.15) is 5.26 Å². The minimum absolute atomic E-state index is 0.278. The summed E-state index contributed by atoms with van der Waals surface area (Å²) in [4.78, 5) is 0. The highest BCUT2D eigenvalue weighted by atomic mass is 16.3. The number of nitrogens with zero attached hydrogens (tertiary/aromatic N) is 2. The van der Waals surface area contributed by atoms with Crippen molar-refractivity contribution >= 4 is 0 Å². The van der Waals surface area contributed by atoms with Gasteiger partial charge in [-0.05, 0) is 25.0 Å². The zero-order valence-electron chi connectivity index (χ0n) is 10.8. The first-order chi connectivity index (χ1) is 8.10. The third kappa shape index (κ3) is 3.58. The van der Waals surface area contributed by atoms with E-state index in [9.17, 15) is 5.11 Å². The molecule has 0 aliphatic rings. The van der Waals surface area contributed by atoms with Crippen LogP contribution in [0.2, 0.25) is 0 Å². The maximum Gasteiger partial charge on any atom is 0.120 e. The highest BCUT2D eigenvalue weighted by Gasteiger charge is 2.08. The molecule has 17 heavy (non-hydrogen) atoms. The van der Waals surface area contributed by atoms with Gasteiger partial charge >= 0.3 is 0 Å². The molecule has 1 atom stereocenters. The predicted molar refractivity (Wildman–Crippen MR) is 67.5 cm³/mol. The van der Waals surface area contributed by atoms with Crippen molar-refractivity contribution in [2.75, 3.05) is 6.54 Å². The molecule has 0 saturated carbocycles. The molecule has 0 aliphatic carbocycles. The summed E-state index contributed by atoms with van der Waals surface area (Å²) in [5.74, 6) is 0. The lowest BCUT2D eigenvalue weighted by Gasteiger charge is -2.10. The van der Waals surface area contributed by atoms with Gasteiger partial charge in [0.25, 0.3) is 0 Å². The number of rotatable bonds is 6. The predicted octanol–water partition coefficient (Wildman–Crippen LogP) is 1.46. The van der Waals surface area contributed by atoms with E-state index in [1.165, 1.54) is 0 Å². The standard InChI is InChI=1S/C13H21N3O/c1-4-5-13(17)9-15-8-11-6-12(7-14)16(3)10(11)2/h6,13,15,17H,4-5,8-9H2,1-3H3. The zero-order valence-corrected chi connectivity index (χ0v) is 10.8. The van der Waals surface area contributed by atoms with Crippen molar-refractivity contribution < 1.29 is 5.11 Å². The summed E-state index contributed by atoms with van der Waals surface area (Å²) in [6, 6.07) is 4.06. The Kier molecular flexibility index (Phi) is 5.20. The zero-order chi connectivity index (χ0) is 12.8. The van der Waals surface area contributed by atoms with Crippen LogP contribution < -0.4 is 5.32 Å². The van der Waals surface area contributed by atoms with Crippen LogP contribution in [0.25, 0.3) is 0 Å². The Morgan fingerprint density at radius 3 is 2.82 bits per heavy atom. The van der Waals surface area contributed by atoms with Gasteiger partial charge < -0.3 is 15.0 Å². The van der Waals surface area contributed by atoms with E-state index in [0.717, 1.165) is 24.1 Å². The summed E-state index contributed by atoms with van der Waals surface area (Å²) in [5.41, 5.74) is 2.89. The minimum atomic E-state index is -0.278. The van der Waals surface area contributed by atoms with Crippen LogP contribution in [0.4, 0.5) is 0 Å². The number of hydrogen-bond donors (Lipinski definition) is 2. The molecule has 94 valence electrons. The summed E-state index contributed by atoms with van der Waals surface area (Å²) in [5, 5.41) is 21.7. The topological polar surface area (TPSA) is 61.0 Å². The van der Waals surface area contributed by atoms with E-state index < -0.39 is 0 Å². The van der Waals surface area contributed by atoms with Crippen molar-refractivity contribution in [3.63, 3.8) is 0 Å². The van der Waals surface area contributed by atoms with Gasteiger partial charge in [0.1, 0.15) is 11.8 Å². The van der Waals surface area contributed by atoms with E-state index in [1.807, 2.05) is 24.6 Å². The third-order valence-electron chi connectivity index (χ3n) is 3.07. The number of nitrogens with one attached hydrogen (secondary N) is 1. The first kappa shape index (κ1) is 13.8. The smallest absolute Gasteiger partial charge is 0.120 e. The molecule has 0 saturated heterocycles. The van der Waals surface area contributed by atoms with Crippen molar-refractivity contribution in [2.45, 2.75) is 39.3 Å². The molecule has 0 aliphatic heterocycles. The van der Waals surface area contributed by atoms with E-state index in [0.29, 0.717) is 18.8 Å².